The van der Waals surface area contributed by atoms with Gasteiger partial charge in [0.15, 0.2) is 0 Å². The molecule has 0 bridgehead atoms. The van der Waals surface area contributed by atoms with Gasteiger partial charge in [0.2, 0.25) is 0 Å². The minimum atomic E-state index is -0.589. The molecular formula is C11H9BrClNO2. The number of fused-ring (bicyclic) bond motifs is 1. The SMILES string of the molecule is CC(OC=O)C1(Br)C=Nc2ccc(Cl)cc21. The van der Waals surface area contributed by atoms with Crippen LogP contribution in [0.1, 0.15) is 12.5 Å². The summed E-state index contributed by atoms with van der Waals surface area (Å²) in [4.78, 5) is 14.6. The standard InChI is InChI=1S/C11H9BrClNO2/c1-7(16-6-15)11(12)5-14-10-3-2-8(13)4-9(10)11/h2-7H,1H3. The predicted molar refractivity (Wildman–Crippen MR) is 66.8 cm³/mol. The summed E-state index contributed by atoms with van der Waals surface area (Å²) in [6, 6.07) is 5.44. The molecule has 1 aromatic rings. The van der Waals surface area contributed by atoms with Crippen LogP contribution in [0.5, 0.6) is 0 Å². The Hall–Kier alpha value is -0.870. The summed E-state index contributed by atoms with van der Waals surface area (Å²) in [5.41, 5.74) is 1.75. The summed E-state index contributed by atoms with van der Waals surface area (Å²) in [6.07, 6.45) is 1.37. The molecule has 0 fully saturated rings. The van der Waals surface area contributed by atoms with E-state index in [4.69, 9.17) is 16.3 Å². The van der Waals surface area contributed by atoms with E-state index in [-0.39, 0.29) is 6.10 Å². The number of carbonyl (C=O) groups is 1. The molecule has 1 aliphatic rings. The number of aliphatic imine (C=N–C) groups is 1. The molecule has 0 aromatic heterocycles. The van der Waals surface area contributed by atoms with Crippen LogP contribution in [0.25, 0.3) is 0 Å². The summed E-state index contributed by atoms with van der Waals surface area (Å²) in [5, 5.41) is 0.631. The van der Waals surface area contributed by atoms with E-state index in [1.165, 1.54) is 0 Å². The second-order valence-corrected chi connectivity index (χ2v) is 5.31. The van der Waals surface area contributed by atoms with Crippen molar-refractivity contribution in [3.63, 3.8) is 0 Å². The second kappa shape index (κ2) is 4.18. The number of hydrogen-bond donors (Lipinski definition) is 0. The summed E-state index contributed by atoms with van der Waals surface area (Å²) in [6.45, 7) is 2.23. The molecule has 2 atom stereocenters. The van der Waals surface area contributed by atoms with E-state index in [0.717, 1.165) is 11.3 Å². The van der Waals surface area contributed by atoms with Crippen LogP contribution in [0.3, 0.4) is 0 Å². The highest BCUT2D eigenvalue weighted by Crippen LogP contribution is 2.45. The average molecular weight is 303 g/mol. The molecule has 1 aromatic carbocycles. The molecule has 1 heterocycles. The molecule has 3 nitrogen and oxygen atoms in total. The van der Waals surface area contributed by atoms with Crippen molar-refractivity contribution in [3.05, 3.63) is 28.8 Å². The van der Waals surface area contributed by atoms with Gasteiger partial charge in [0.25, 0.3) is 6.47 Å². The fraction of sp³-hybridized carbons (Fsp3) is 0.273. The largest absolute Gasteiger partial charge is 0.463 e. The van der Waals surface area contributed by atoms with Crippen LogP contribution in [0.4, 0.5) is 5.69 Å². The highest BCUT2D eigenvalue weighted by atomic mass is 79.9. The van der Waals surface area contributed by atoms with Gasteiger partial charge >= 0.3 is 0 Å². The summed E-state index contributed by atoms with van der Waals surface area (Å²) in [5.74, 6) is 0. The monoisotopic (exact) mass is 301 g/mol. The van der Waals surface area contributed by atoms with Gasteiger partial charge in [0, 0.05) is 16.8 Å². The van der Waals surface area contributed by atoms with Gasteiger partial charge in [0.1, 0.15) is 10.4 Å². The van der Waals surface area contributed by atoms with Gasteiger partial charge in [-0.05, 0) is 25.1 Å². The smallest absolute Gasteiger partial charge is 0.293 e. The van der Waals surface area contributed by atoms with Gasteiger partial charge in [0.05, 0.1) is 5.69 Å². The number of hydrogen-bond acceptors (Lipinski definition) is 3. The summed E-state index contributed by atoms with van der Waals surface area (Å²) >= 11 is 9.50. The lowest BCUT2D eigenvalue weighted by atomic mass is 9.96. The zero-order chi connectivity index (χ0) is 11.8. The molecule has 0 amide bonds. The van der Waals surface area contributed by atoms with Crippen molar-refractivity contribution in [1.82, 2.24) is 0 Å². The summed E-state index contributed by atoms with van der Waals surface area (Å²) < 4.78 is 4.37. The van der Waals surface area contributed by atoms with E-state index in [9.17, 15) is 4.79 Å². The Labute approximate surface area is 107 Å². The van der Waals surface area contributed by atoms with Crippen LogP contribution in [0.2, 0.25) is 5.02 Å². The van der Waals surface area contributed by atoms with E-state index in [1.807, 2.05) is 12.1 Å². The van der Waals surface area contributed by atoms with Crippen LogP contribution in [-0.4, -0.2) is 18.8 Å². The Morgan fingerprint density at radius 3 is 3.06 bits per heavy atom. The molecule has 0 spiro atoms. The lowest BCUT2D eigenvalue weighted by molar-refractivity contribution is -0.133. The van der Waals surface area contributed by atoms with E-state index < -0.39 is 4.32 Å². The Kier molecular flexibility index (Phi) is 3.04. The first kappa shape index (κ1) is 11.6. The number of rotatable bonds is 3. The van der Waals surface area contributed by atoms with Crippen LogP contribution in [0, 0.1) is 0 Å². The third kappa shape index (κ3) is 1.76. The van der Waals surface area contributed by atoms with Gasteiger partial charge in [-0.2, -0.15) is 0 Å². The first-order chi connectivity index (χ1) is 7.58. The minimum absolute atomic E-state index is 0.353. The van der Waals surface area contributed by atoms with Crippen molar-refractivity contribution in [2.75, 3.05) is 0 Å². The van der Waals surface area contributed by atoms with Gasteiger partial charge in [-0.1, -0.05) is 27.5 Å². The van der Waals surface area contributed by atoms with Crippen LogP contribution in [0.15, 0.2) is 23.2 Å². The number of ether oxygens (including phenoxy) is 1. The molecule has 0 radical (unpaired) electrons. The number of alkyl halides is 1. The number of benzene rings is 1. The highest BCUT2D eigenvalue weighted by Gasteiger charge is 2.40. The molecule has 16 heavy (non-hydrogen) atoms. The van der Waals surface area contributed by atoms with E-state index in [1.54, 1.807) is 19.2 Å². The van der Waals surface area contributed by atoms with Gasteiger partial charge in [-0.15, -0.1) is 0 Å². The third-order valence-electron chi connectivity index (χ3n) is 2.61. The second-order valence-electron chi connectivity index (χ2n) is 3.56. The Balaban J connectivity index is 2.44. The van der Waals surface area contributed by atoms with E-state index in [2.05, 4.69) is 20.9 Å². The molecule has 0 saturated carbocycles. The van der Waals surface area contributed by atoms with Crippen molar-refractivity contribution in [2.45, 2.75) is 17.4 Å². The zero-order valence-electron chi connectivity index (χ0n) is 8.48. The third-order valence-corrected chi connectivity index (χ3v) is 4.13. The molecule has 0 aliphatic carbocycles. The molecule has 2 rings (SSSR count). The lowest BCUT2D eigenvalue weighted by Gasteiger charge is -2.26. The van der Waals surface area contributed by atoms with E-state index >= 15 is 0 Å². The first-order valence-electron chi connectivity index (χ1n) is 4.71. The molecule has 0 saturated heterocycles. The maximum absolute atomic E-state index is 10.4. The van der Waals surface area contributed by atoms with Crippen molar-refractivity contribution in [3.8, 4) is 0 Å². The zero-order valence-corrected chi connectivity index (χ0v) is 10.8. The van der Waals surface area contributed by atoms with Crippen LogP contribution in [-0.2, 0) is 13.9 Å². The maximum Gasteiger partial charge on any atom is 0.293 e. The fourth-order valence-corrected chi connectivity index (χ4v) is 2.37. The number of halogens is 2. The van der Waals surface area contributed by atoms with Crippen molar-refractivity contribution in [2.24, 2.45) is 4.99 Å². The highest BCUT2D eigenvalue weighted by molar-refractivity contribution is 9.10. The van der Waals surface area contributed by atoms with Crippen LogP contribution >= 0.6 is 27.5 Å². The van der Waals surface area contributed by atoms with Crippen molar-refractivity contribution >= 4 is 45.9 Å². The Bertz CT molecular complexity index is 463. The lowest BCUT2D eigenvalue weighted by Crippen LogP contribution is -2.33. The molecule has 0 N–H and O–H groups in total. The number of nitrogens with zero attached hydrogens (tertiary/aromatic N) is 1. The normalized spacial score (nSPS) is 23.9. The summed E-state index contributed by atoms with van der Waals surface area (Å²) in [7, 11) is 0. The predicted octanol–water partition coefficient (Wildman–Crippen LogP) is 3.21. The van der Waals surface area contributed by atoms with Gasteiger partial charge in [-0.25, -0.2) is 0 Å². The van der Waals surface area contributed by atoms with Crippen molar-refractivity contribution < 1.29 is 9.53 Å². The Morgan fingerprint density at radius 1 is 1.62 bits per heavy atom. The van der Waals surface area contributed by atoms with Gasteiger partial charge in [-0.3, -0.25) is 9.79 Å². The number of carbonyl (C=O) groups excluding carboxylic acids is 1. The maximum atomic E-state index is 10.4. The van der Waals surface area contributed by atoms with Gasteiger partial charge < -0.3 is 4.74 Å². The molecule has 84 valence electrons. The van der Waals surface area contributed by atoms with Crippen molar-refractivity contribution in [1.29, 1.82) is 0 Å². The molecular weight excluding hydrogens is 293 g/mol. The first-order valence-corrected chi connectivity index (χ1v) is 5.88. The minimum Gasteiger partial charge on any atom is -0.463 e. The quantitative estimate of drug-likeness (QED) is 0.635. The van der Waals surface area contributed by atoms with Crippen LogP contribution < -0.4 is 0 Å². The van der Waals surface area contributed by atoms with E-state index in [0.29, 0.717) is 11.5 Å². The molecule has 2 unspecified atom stereocenters. The topological polar surface area (TPSA) is 38.7 Å². The average Bonchev–Trinajstić information content (AvgIpc) is 2.58. The molecule has 1 aliphatic heterocycles. The molecule has 5 heteroatoms. The Morgan fingerprint density at radius 2 is 2.38 bits per heavy atom. The fourth-order valence-electron chi connectivity index (χ4n) is 1.67.